The third-order valence-electron chi connectivity index (χ3n) is 8.90. The maximum Gasteiger partial charge on any atom is -0.00170 e. The molecule has 0 aromatic heterocycles. The lowest BCUT2D eigenvalue weighted by Crippen LogP contribution is -1.88. The first-order chi connectivity index (χ1) is 16.9. The molecule has 0 N–H and O–H groups in total. The Balaban J connectivity index is 1.77. The van der Waals surface area contributed by atoms with Gasteiger partial charge in [-0.05, 0) is 144 Å². The van der Waals surface area contributed by atoms with Gasteiger partial charge >= 0.3 is 0 Å². The van der Waals surface area contributed by atoms with Crippen LogP contribution in [0.5, 0.6) is 0 Å². The molecular weight excluding hydrogens is 420 g/mol. The van der Waals surface area contributed by atoms with E-state index < -0.39 is 0 Å². The summed E-state index contributed by atoms with van der Waals surface area (Å²) in [5, 5.41) is 19.6. The van der Waals surface area contributed by atoms with Crippen LogP contribution in [0.1, 0.15) is 27.8 Å². The van der Waals surface area contributed by atoms with Crippen molar-refractivity contribution < 1.29 is 0 Å². The minimum absolute atomic E-state index is 1.32. The van der Waals surface area contributed by atoms with Gasteiger partial charge in [0.05, 0.1) is 0 Å². The standard InChI is InChI=1S/C35H26/c1-17-10-11-24-25(12-17)31-16-27-26(29-14-19(3)21(5)33(24)35(29)31)15-30-22-8-6-7-9-23(22)32-20(4)18(2)13-28(27)34(30)32/h6-16H,1-5H3. The average molecular weight is 447 g/mol. The van der Waals surface area contributed by atoms with Crippen LogP contribution < -0.4 is 0 Å². The lowest BCUT2D eigenvalue weighted by Gasteiger charge is -2.14. The van der Waals surface area contributed by atoms with E-state index in [1.54, 1.807) is 0 Å². The molecule has 0 saturated heterocycles. The Bertz CT molecular complexity index is 2190. The number of rotatable bonds is 0. The summed E-state index contributed by atoms with van der Waals surface area (Å²) in [5.74, 6) is 0. The van der Waals surface area contributed by atoms with Crippen molar-refractivity contribution in [3.63, 3.8) is 0 Å². The van der Waals surface area contributed by atoms with Gasteiger partial charge in [0.25, 0.3) is 0 Å². The van der Waals surface area contributed by atoms with Gasteiger partial charge in [-0.3, -0.25) is 0 Å². The Hall–Kier alpha value is -3.90. The molecule has 0 nitrogen and oxygen atoms in total. The Morgan fingerprint density at radius 1 is 0.343 bits per heavy atom. The summed E-state index contributed by atoms with van der Waals surface area (Å²) in [5.41, 5.74) is 6.88. The molecule has 0 aliphatic rings. The molecule has 0 heteroatoms. The number of benzene rings is 6. The van der Waals surface area contributed by atoms with Gasteiger partial charge in [0.2, 0.25) is 0 Å². The van der Waals surface area contributed by atoms with E-state index >= 15 is 0 Å². The quantitative estimate of drug-likeness (QED) is 0.203. The Labute approximate surface area is 204 Å². The zero-order chi connectivity index (χ0) is 23.7. The molecule has 8 aromatic carbocycles. The molecule has 0 aliphatic heterocycles. The predicted octanol–water partition coefficient (Wildman–Crippen LogP) is 10.2. The zero-order valence-electron chi connectivity index (χ0n) is 20.9. The second-order valence-electron chi connectivity index (χ2n) is 10.8. The molecule has 0 heterocycles. The van der Waals surface area contributed by atoms with Crippen molar-refractivity contribution in [1.29, 1.82) is 0 Å². The van der Waals surface area contributed by atoms with Gasteiger partial charge in [-0.15, -0.1) is 0 Å². The normalized spacial score (nSPS) is 12.7. The molecule has 0 bridgehead atoms. The monoisotopic (exact) mass is 446 g/mol. The van der Waals surface area contributed by atoms with Crippen LogP contribution in [0.4, 0.5) is 0 Å². The zero-order valence-corrected chi connectivity index (χ0v) is 20.9. The molecule has 0 radical (unpaired) electrons. The summed E-state index contributed by atoms with van der Waals surface area (Å²) >= 11 is 0. The highest BCUT2D eigenvalue weighted by atomic mass is 14.2. The molecule has 166 valence electrons. The lowest BCUT2D eigenvalue weighted by molar-refractivity contribution is 1.40. The summed E-state index contributed by atoms with van der Waals surface area (Å²) < 4.78 is 0. The van der Waals surface area contributed by atoms with Crippen molar-refractivity contribution in [3.8, 4) is 0 Å². The number of hydrogen-bond acceptors (Lipinski definition) is 0. The van der Waals surface area contributed by atoms with Crippen molar-refractivity contribution in [3.05, 3.63) is 94.5 Å². The second-order valence-corrected chi connectivity index (χ2v) is 10.8. The SMILES string of the molecule is Cc1ccc2c(c1)c1cc3c(cc4c5ccccc5c5c(C)c(C)cc3c45)c3cc(C)c(C)c2c31. The van der Waals surface area contributed by atoms with E-state index in [1.165, 1.54) is 103 Å². The average Bonchev–Trinajstić information content (AvgIpc) is 3.35. The van der Waals surface area contributed by atoms with Crippen LogP contribution in [0.2, 0.25) is 0 Å². The molecule has 0 amide bonds. The molecule has 0 atom stereocenters. The number of aryl methyl sites for hydroxylation is 5. The van der Waals surface area contributed by atoms with E-state index in [-0.39, 0.29) is 0 Å². The molecule has 0 aliphatic carbocycles. The predicted molar refractivity (Wildman–Crippen MR) is 155 cm³/mol. The Kier molecular flexibility index (Phi) is 3.44. The van der Waals surface area contributed by atoms with Crippen molar-refractivity contribution in [2.24, 2.45) is 0 Å². The largest absolute Gasteiger partial charge is 0.0616 e. The van der Waals surface area contributed by atoms with E-state index in [0.29, 0.717) is 0 Å². The van der Waals surface area contributed by atoms with Crippen LogP contribution in [-0.4, -0.2) is 0 Å². The van der Waals surface area contributed by atoms with Crippen LogP contribution in [0, 0.1) is 34.6 Å². The highest BCUT2D eigenvalue weighted by Crippen LogP contribution is 2.49. The summed E-state index contributed by atoms with van der Waals surface area (Å²) in [6.07, 6.45) is 0. The van der Waals surface area contributed by atoms with E-state index in [4.69, 9.17) is 0 Å². The van der Waals surface area contributed by atoms with Crippen LogP contribution >= 0.6 is 0 Å². The fourth-order valence-electron chi connectivity index (χ4n) is 6.98. The van der Waals surface area contributed by atoms with Crippen molar-refractivity contribution in [1.82, 2.24) is 0 Å². The Morgan fingerprint density at radius 3 is 1.40 bits per heavy atom. The van der Waals surface area contributed by atoms with Crippen LogP contribution in [0.15, 0.2) is 66.7 Å². The number of fused-ring (bicyclic) bond motifs is 9. The van der Waals surface area contributed by atoms with Gasteiger partial charge in [0, 0.05) is 0 Å². The smallest absolute Gasteiger partial charge is 0.00170 e. The fourth-order valence-corrected chi connectivity index (χ4v) is 6.98. The maximum absolute atomic E-state index is 2.50. The highest BCUT2D eigenvalue weighted by molar-refractivity contribution is 6.41. The maximum atomic E-state index is 2.50. The molecular formula is C35H26. The fraction of sp³-hybridized carbons (Fsp3) is 0.143. The van der Waals surface area contributed by atoms with Crippen LogP contribution in [0.3, 0.4) is 0 Å². The minimum atomic E-state index is 1.32. The third-order valence-corrected chi connectivity index (χ3v) is 8.90. The van der Waals surface area contributed by atoms with Gasteiger partial charge in [-0.1, -0.05) is 60.2 Å². The molecule has 0 spiro atoms. The Morgan fingerprint density at radius 2 is 0.800 bits per heavy atom. The van der Waals surface area contributed by atoms with Crippen molar-refractivity contribution in [2.75, 3.05) is 0 Å². The van der Waals surface area contributed by atoms with Gasteiger partial charge < -0.3 is 0 Å². The summed E-state index contributed by atoms with van der Waals surface area (Å²) in [6.45, 7) is 11.3. The molecule has 35 heavy (non-hydrogen) atoms. The van der Waals surface area contributed by atoms with Gasteiger partial charge in [-0.2, -0.15) is 0 Å². The second kappa shape index (κ2) is 6.20. The molecule has 0 saturated carbocycles. The summed E-state index contributed by atoms with van der Waals surface area (Å²) in [6, 6.07) is 25.8. The van der Waals surface area contributed by atoms with Gasteiger partial charge in [0.15, 0.2) is 0 Å². The van der Waals surface area contributed by atoms with Crippen molar-refractivity contribution >= 4 is 75.4 Å². The van der Waals surface area contributed by atoms with Gasteiger partial charge in [0.1, 0.15) is 0 Å². The van der Waals surface area contributed by atoms with E-state index in [9.17, 15) is 0 Å². The molecule has 8 rings (SSSR count). The summed E-state index contributed by atoms with van der Waals surface area (Å²) in [4.78, 5) is 0. The van der Waals surface area contributed by atoms with E-state index in [2.05, 4.69) is 101 Å². The van der Waals surface area contributed by atoms with Crippen LogP contribution in [-0.2, 0) is 0 Å². The van der Waals surface area contributed by atoms with E-state index in [1.807, 2.05) is 0 Å². The number of hydrogen-bond donors (Lipinski definition) is 0. The molecule has 0 unspecified atom stereocenters. The van der Waals surface area contributed by atoms with E-state index in [0.717, 1.165) is 0 Å². The first kappa shape index (κ1) is 19.4. The van der Waals surface area contributed by atoms with Gasteiger partial charge in [-0.25, -0.2) is 0 Å². The first-order valence-corrected chi connectivity index (χ1v) is 12.6. The molecule has 0 fully saturated rings. The minimum Gasteiger partial charge on any atom is -0.0616 e. The summed E-state index contributed by atoms with van der Waals surface area (Å²) in [7, 11) is 0. The molecule has 8 aromatic rings. The van der Waals surface area contributed by atoms with Crippen molar-refractivity contribution in [2.45, 2.75) is 34.6 Å². The third kappa shape index (κ3) is 2.19. The lowest BCUT2D eigenvalue weighted by atomic mass is 9.89. The first-order valence-electron chi connectivity index (χ1n) is 12.6. The highest BCUT2D eigenvalue weighted by Gasteiger charge is 2.22. The topological polar surface area (TPSA) is 0 Å². The van der Waals surface area contributed by atoms with Crippen LogP contribution in [0.25, 0.3) is 75.4 Å².